The van der Waals surface area contributed by atoms with Crippen molar-refractivity contribution in [3.8, 4) is 22.8 Å². The predicted molar refractivity (Wildman–Crippen MR) is 141 cm³/mol. The minimum atomic E-state index is -0.635. The summed E-state index contributed by atoms with van der Waals surface area (Å²) < 4.78 is 5.89. The van der Waals surface area contributed by atoms with Gasteiger partial charge in [-0.15, -0.1) is 0 Å². The Morgan fingerprint density at radius 2 is 1.44 bits per heavy atom. The van der Waals surface area contributed by atoms with Crippen LogP contribution in [-0.2, 0) is 11.2 Å². The zero-order valence-electron chi connectivity index (χ0n) is 19.5. The fourth-order valence-corrected chi connectivity index (χ4v) is 4.08. The number of para-hydroxylation sites is 2. The Labute approximate surface area is 209 Å². The summed E-state index contributed by atoms with van der Waals surface area (Å²) in [7, 11) is 0. The molecular formula is C31H24N2O3. The molecule has 0 aliphatic carbocycles. The van der Waals surface area contributed by atoms with Gasteiger partial charge >= 0.3 is 0 Å². The van der Waals surface area contributed by atoms with E-state index in [-0.39, 0.29) is 5.91 Å². The van der Waals surface area contributed by atoms with E-state index in [1.54, 1.807) is 6.07 Å². The SMILES string of the molecule is O=C[C@H](Cc1ccccc1)NC(=O)c1cc(-c2ccc(Oc3ccccc3)cc2)nc2ccccc12. The third-order valence-corrected chi connectivity index (χ3v) is 5.87. The highest BCUT2D eigenvalue weighted by atomic mass is 16.5. The highest BCUT2D eigenvalue weighted by Gasteiger charge is 2.18. The first-order valence-electron chi connectivity index (χ1n) is 11.7. The van der Waals surface area contributed by atoms with E-state index in [0.717, 1.165) is 28.5 Å². The Hall–Kier alpha value is -4.77. The zero-order valence-corrected chi connectivity index (χ0v) is 19.5. The Kier molecular flexibility index (Phi) is 6.81. The number of ether oxygens (including phenoxy) is 1. The van der Waals surface area contributed by atoms with E-state index < -0.39 is 6.04 Å². The van der Waals surface area contributed by atoms with Crippen molar-refractivity contribution >= 4 is 23.1 Å². The first-order valence-corrected chi connectivity index (χ1v) is 11.7. The molecule has 0 fully saturated rings. The van der Waals surface area contributed by atoms with Gasteiger partial charge in [-0.05, 0) is 60.5 Å². The molecule has 0 bridgehead atoms. The average molecular weight is 473 g/mol. The summed E-state index contributed by atoms with van der Waals surface area (Å²) in [5, 5.41) is 3.61. The maximum absolute atomic E-state index is 13.3. The van der Waals surface area contributed by atoms with Crippen molar-refractivity contribution in [3.05, 3.63) is 126 Å². The average Bonchev–Trinajstić information content (AvgIpc) is 2.93. The van der Waals surface area contributed by atoms with E-state index in [0.29, 0.717) is 28.9 Å². The second-order valence-corrected chi connectivity index (χ2v) is 8.42. The highest BCUT2D eigenvalue weighted by molar-refractivity contribution is 6.07. The molecule has 0 unspecified atom stereocenters. The minimum absolute atomic E-state index is 0.313. The maximum atomic E-state index is 13.3. The number of fused-ring (bicyclic) bond motifs is 1. The molecule has 0 saturated heterocycles. The van der Waals surface area contributed by atoms with Gasteiger partial charge in [-0.1, -0.05) is 66.7 Å². The van der Waals surface area contributed by atoms with Gasteiger partial charge in [0, 0.05) is 10.9 Å². The molecule has 5 aromatic rings. The van der Waals surface area contributed by atoms with Crippen LogP contribution in [-0.4, -0.2) is 23.2 Å². The van der Waals surface area contributed by atoms with Crippen LogP contribution in [0.25, 0.3) is 22.2 Å². The first-order chi connectivity index (χ1) is 17.7. The second-order valence-electron chi connectivity index (χ2n) is 8.42. The topological polar surface area (TPSA) is 68.3 Å². The molecule has 5 nitrogen and oxygen atoms in total. The van der Waals surface area contributed by atoms with Crippen LogP contribution in [0.1, 0.15) is 15.9 Å². The highest BCUT2D eigenvalue weighted by Crippen LogP contribution is 2.28. The van der Waals surface area contributed by atoms with Crippen LogP contribution >= 0.6 is 0 Å². The van der Waals surface area contributed by atoms with Crippen LogP contribution in [0, 0.1) is 0 Å². The van der Waals surface area contributed by atoms with Gasteiger partial charge in [-0.25, -0.2) is 4.98 Å². The van der Waals surface area contributed by atoms with E-state index in [9.17, 15) is 9.59 Å². The molecule has 1 N–H and O–H groups in total. The molecule has 0 spiro atoms. The molecule has 0 saturated carbocycles. The molecule has 1 aromatic heterocycles. The Balaban J connectivity index is 1.42. The molecule has 0 aliphatic heterocycles. The number of carbonyl (C=O) groups excluding carboxylic acids is 2. The third kappa shape index (κ3) is 5.31. The summed E-state index contributed by atoms with van der Waals surface area (Å²) in [4.78, 5) is 29.9. The van der Waals surface area contributed by atoms with Crippen LogP contribution in [0.2, 0.25) is 0 Å². The fraction of sp³-hybridized carbons (Fsp3) is 0.0645. The van der Waals surface area contributed by atoms with E-state index in [2.05, 4.69) is 5.32 Å². The lowest BCUT2D eigenvalue weighted by Gasteiger charge is -2.15. The van der Waals surface area contributed by atoms with Crippen LogP contribution in [0.3, 0.4) is 0 Å². The second kappa shape index (κ2) is 10.7. The van der Waals surface area contributed by atoms with Gasteiger partial charge in [0.1, 0.15) is 17.8 Å². The number of carbonyl (C=O) groups is 2. The van der Waals surface area contributed by atoms with Gasteiger partial charge < -0.3 is 14.8 Å². The van der Waals surface area contributed by atoms with E-state index >= 15 is 0 Å². The van der Waals surface area contributed by atoms with Crippen LogP contribution < -0.4 is 10.1 Å². The molecule has 0 aliphatic rings. The summed E-state index contributed by atoms with van der Waals surface area (Å²) in [6, 6.07) is 35.4. The predicted octanol–water partition coefficient (Wildman–Crippen LogP) is 6.23. The van der Waals surface area contributed by atoms with Crippen molar-refractivity contribution in [2.45, 2.75) is 12.5 Å². The first kappa shape index (κ1) is 23.0. The molecule has 5 rings (SSSR count). The zero-order chi connectivity index (χ0) is 24.7. The smallest absolute Gasteiger partial charge is 0.252 e. The van der Waals surface area contributed by atoms with Gasteiger partial charge in [-0.3, -0.25) is 4.79 Å². The fourth-order valence-electron chi connectivity index (χ4n) is 4.08. The quantitative estimate of drug-likeness (QED) is 0.272. The number of amides is 1. The monoisotopic (exact) mass is 472 g/mol. The van der Waals surface area contributed by atoms with E-state index in [4.69, 9.17) is 9.72 Å². The molecular weight excluding hydrogens is 448 g/mol. The summed E-state index contributed by atoms with van der Waals surface area (Å²) >= 11 is 0. The van der Waals surface area contributed by atoms with E-state index in [1.165, 1.54) is 0 Å². The number of nitrogens with one attached hydrogen (secondary N) is 1. The van der Waals surface area contributed by atoms with Crippen molar-refractivity contribution in [2.75, 3.05) is 0 Å². The number of nitrogens with zero attached hydrogens (tertiary/aromatic N) is 1. The molecule has 1 amide bonds. The van der Waals surface area contributed by atoms with Crippen LogP contribution in [0.5, 0.6) is 11.5 Å². The third-order valence-electron chi connectivity index (χ3n) is 5.87. The van der Waals surface area contributed by atoms with Gasteiger partial charge in [0.25, 0.3) is 5.91 Å². The Bertz CT molecular complexity index is 1480. The van der Waals surface area contributed by atoms with Crippen LogP contribution in [0.15, 0.2) is 115 Å². The van der Waals surface area contributed by atoms with Gasteiger partial charge in [-0.2, -0.15) is 0 Å². The lowest BCUT2D eigenvalue weighted by Crippen LogP contribution is -2.37. The Morgan fingerprint density at radius 1 is 0.806 bits per heavy atom. The lowest BCUT2D eigenvalue weighted by atomic mass is 10.0. The number of hydrogen-bond acceptors (Lipinski definition) is 4. The summed E-state index contributed by atoms with van der Waals surface area (Å²) in [6.07, 6.45) is 1.20. The van der Waals surface area contributed by atoms with Gasteiger partial charge in [0.05, 0.1) is 22.8 Å². The number of pyridine rings is 1. The largest absolute Gasteiger partial charge is 0.457 e. The van der Waals surface area contributed by atoms with Crippen LogP contribution in [0.4, 0.5) is 0 Å². The normalized spacial score (nSPS) is 11.6. The molecule has 0 radical (unpaired) electrons. The van der Waals surface area contributed by atoms with Crippen molar-refractivity contribution in [2.24, 2.45) is 0 Å². The molecule has 1 atom stereocenters. The molecule has 1 heterocycles. The molecule has 176 valence electrons. The van der Waals surface area contributed by atoms with E-state index in [1.807, 2.05) is 109 Å². The van der Waals surface area contributed by atoms with Gasteiger partial charge in [0.2, 0.25) is 0 Å². The Morgan fingerprint density at radius 3 is 2.17 bits per heavy atom. The summed E-state index contributed by atoms with van der Waals surface area (Å²) in [5.41, 5.74) is 3.67. The maximum Gasteiger partial charge on any atom is 0.252 e. The van der Waals surface area contributed by atoms with Crippen molar-refractivity contribution in [3.63, 3.8) is 0 Å². The minimum Gasteiger partial charge on any atom is -0.457 e. The lowest BCUT2D eigenvalue weighted by molar-refractivity contribution is -0.109. The number of aromatic nitrogens is 1. The number of hydrogen-bond donors (Lipinski definition) is 1. The van der Waals surface area contributed by atoms with Crippen molar-refractivity contribution in [1.82, 2.24) is 10.3 Å². The van der Waals surface area contributed by atoms with Gasteiger partial charge in [0.15, 0.2) is 0 Å². The summed E-state index contributed by atoms with van der Waals surface area (Å²) in [5.74, 6) is 1.15. The summed E-state index contributed by atoms with van der Waals surface area (Å²) in [6.45, 7) is 0. The number of aldehydes is 1. The van der Waals surface area contributed by atoms with Crippen molar-refractivity contribution in [1.29, 1.82) is 0 Å². The standard InChI is InChI=1S/C31H24N2O3/c34-21-24(19-22-9-3-1-4-10-22)32-31(35)28-20-30(33-29-14-8-7-13-27(28)29)23-15-17-26(18-16-23)36-25-11-5-2-6-12-25/h1-18,20-21,24H,19H2,(H,32,35)/t24-/m0/s1. The molecule has 4 aromatic carbocycles. The van der Waals surface area contributed by atoms with Crippen molar-refractivity contribution < 1.29 is 14.3 Å². The number of benzene rings is 4. The molecule has 5 heteroatoms. The number of rotatable bonds is 8. The molecule has 36 heavy (non-hydrogen) atoms.